The van der Waals surface area contributed by atoms with Crippen molar-refractivity contribution in [3.05, 3.63) is 72.6 Å². The number of allylic oxidation sites excluding steroid dienone is 1. The number of alkyl halides is 5. The number of ether oxygens (including phenoxy) is 2. The molecule has 5 atom stereocenters. The second-order valence-electron chi connectivity index (χ2n) is 16.4. The normalized spacial score (nSPS) is 25.8. The highest BCUT2D eigenvalue weighted by Crippen LogP contribution is 2.48. The van der Waals surface area contributed by atoms with Gasteiger partial charge >= 0.3 is 12.9 Å². The maximum Gasteiger partial charge on any atom is 0.573 e. The largest absolute Gasteiger partial charge is 0.573 e. The van der Waals surface area contributed by atoms with Gasteiger partial charge in [0.2, 0.25) is 27.7 Å². The van der Waals surface area contributed by atoms with Gasteiger partial charge in [-0.15, -0.1) is 13.2 Å². The molecule has 4 aliphatic rings. The van der Waals surface area contributed by atoms with Crippen LogP contribution in [0.2, 0.25) is 0 Å². The first-order valence-electron chi connectivity index (χ1n) is 20.1. The van der Waals surface area contributed by atoms with E-state index in [0.29, 0.717) is 54.8 Å². The van der Waals surface area contributed by atoms with Crippen LogP contribution in [0, 0.1) is 5.92 Å². The number of benzene rings is 2. The Hall–Kier alpha value is -5.86. The summed E-state index contributed by atoms with van der Waals surface area (Å²) in [4.78, 5) is 62.3. The number of aromatic nitrogens is 3. The number of hydrogen-bond donors (Lipinski definition) is 3. The standard InChI is InChI=1S/C41H42F5N7O8S/c1-39(16-17-39)62(58,59)51-37(57)40-21-23(40)9-5-3-2-4-6-12-31(47-33(54)30-15-18-53(50-30)38(42)43)36(56)52-22-25(20-32(52)34(55)49-40)60-35-28-19-24(61-41(44,45)46)13-14-26(28)27-10-7-8-11-29(27)48-35/h5,7-11,13-15,18-19,23,25,31-32,38H,2-4,6,12,16-17,20-22H2,1H3,(H,47,54)(H,49,55)(H,51,57)/b9-5-/t23-,25-,31+,32+,40-/m1/s1. The maximum atomic E-state index is 14.7. The number of sulfonamides is 1. The molecule has 2 aliphatic carbocycles. The van der Waals surface area contributed by atoms with E-state index < -0.39 is 86.7 Å². The summed E-state index contributed by atoms with van der Waals surface area (Å²) in [6, 6.07) is 8.89. The fourth-order valence-electron chi connectivity index (χ4n) is 8.09. The van der Waals surface area contributed by atoms with Crippen LogP contribution in [0.1, 0.15) is 81.7 Å². The third-order valence-corrected chi connectivity index (χ3v) is 14.1. The average molecular weight is 888 g/mol. The van der Waals surface area contributed by atoms with E-state index >= 15 is 0 Å². The van der Waals surface area contributed by atoms with E-state index in [2.05, 4.69) is 30.2 Å². The Bertz CT molecular complexity index is 2580. The number of carbonyl (C=O) groups excluding carboxylic acids is 4. The molecular formula is C41H42F5N7O8S. The van der Waals surface area contributed by atoms with Crippen molar-refractivity contribution in [1.29, 1.82) is 0 Å². The molecule has 2 saturated carbocycles. The Balaban J connectivity index is 1.14. The summed E-state index contributed by atoms with van der Waals surface area (Å²) >= 11 is 0. The molecular weight excluding hydrogens is 846 g/mol. The van der Waals surface area contributed by atoms with Crippen LogP contribution in [-0.2, 0) is 24.4 Å². The van der Waals surface area contributed by atoms with E-state index in [4.69, 9.17) is 4.74 Å². The van der Waals surface area contributed by atoms with Gasteiger partial charge in [0.1, 0.15) is 35.2 Å². The van der Waals surface area contributed by atoms with E-state index in [-0.39, 0.29) is 47.4 Å². The fourth-order valence-corrected chi connectivity index (χ4v) is 9.41. The summed E-state index contributed by atoms with van der Waals surface area (Å²) in [6.45, 7) is -1.83. The van der Waals surface area contributed by atoms with E-state index in [1.54, 1.807) is 30.3 Å². The summed E-state index contributed by atoms with van der Waals surface area (Å²) in [5.74, 6) is -4.71. The number of carbonyl (C=O) groups is 4. The monoisotopic (exact) mass is 887 g/mol. The number of nitrogens with zero attached hydrogens (tertiary/aromatic N) is 4. The molecule has 0 unspecified atom stereocenters. The smallest absolute Gasteiger partial charge is 0.472 e. The van der Waals surface area contributed by atoms with Gasteiger partial charge in [0.25, 0.3) is 11.8 Å². The van der Waals surface area contributed by atoms with Crippen LogP contribution >= 0.6 is 0 Å². The van der Waals surface area contributed by atoms with Gasteiger partial charge in [0.05, 0.1) is 16.8 Å². The molecule has 330 valence electrons. The number of rotatable bonds is 9. The van der Waals surface area contributed by atoms with Gasteiger partial charge in [-0.25, -0.2) is 18.1 Å². The first-order valence-corrected chi connectivity index (χ1v) is 21.6. The molecule has 0 spiro atoms. The lowest BCUT2D eigenvalue weighted by molar-refractivity contribution is -0.274. The minimum atomic E-state index is -5.01. The number of fused-ring (bicyclic) bond motifs is 5. The zero-order chi connectivity index (χ0) is 44.2. The molecule has 4 aromatic rings. The van der Waals surface area contributed by atoms with Gasteiger partial charge in [-0.3, -0.25) is 23.9 Å². The van der Waals surface area contributed by atoms with Crippen LogP contribution in [0.4, 0.5) is 22.0 Å². The first-order chi connectivity index (χ1) is 29.4. The summed E-state index contributed by atoms with van der Waals surface area (Å²) in [7, 11) is -4.12. The molecule has 21 heteroatoms. The van der Waals surface area contributed by atoms with E-state index in [1.807, 2.05) is 6.08 Å². The minimum Gasteiger partial charge on any atom is -0.472 e. The van der Waals surface area contributed by atoms with Crippen LogP contribution in [0.3, 0.4) is 0 Å². The van der Waals surface area contributed by atoms with Gasteiger partial charge in [-0.1, -0.05) is 43.2 Å². The van der Waals surface area contributed by atoms with Gasteiger partial charge in [-0.2, -0.15) is 13.9 Å². The zero-order valence-corrected chi connectivity index (χ0v) is 34.0. The lowest BCUT2D eigenvalue weighted by Crippen LogP contribution is -2.58. The maximum absolute atomic E-state index is 14.7. The predicted molar refractivity (Wildman–Crippen MR) is 211 cm³/mol. The van der Waals surface area contributed by atoms with Gasteiger partial charge in [0, 0.05) is 29.3 Å². The molecule has 62 heavy (non-hydrogen) atoms. The predicted octanol–water partition coefficient (Wildman–Crippen LogP) is 5.42. The van der Waals surface area contributed by atoms with E-state index in [9.17, 15) is 49.5 Å². The van der Waals surface area contributed by atoms with Crippen molar-refractivity contribution in [3.63, 3.8) is 0 Å². The van der Waals surface area contributed by atoms with E-state index in [0.717, 1.165) is 29.3 Å². The van der Waals surface area contributed by atoms with Gasteiger partial charge < -0.3 is 25.0 Å². The van der Waals surface area contributed by atoms with Gasteiger partial charge in [0.15, 0.2) is 0 Å². The molecule has 4 amide bonds. The molecule has 2 aliphatic heterocycles. The Morgan fingerprint density at radius 1 is 1.02 bits per heavy atom. The van der Waals surface area contributed by atoms with E-state index in [1.165, 1.54) is 13.0 Å². The van der Waals surface area contributed by atoms with Crippen LogP contribution in [-0.4, -0.2) is 93.1 Å². The Morgan fingerprint density at radius 3 is 2.52 bits per heavy atom. The van der Waals surface area contributed by atoms with Crippen molar-refractivity contribution in [3.8, 4) is 11.6 Å². The van der Waals surface area contributed by atoms with Crippen molar-refractivity contribution in [2.75, 3.05) is 6.54 Å². The van der Waals surface area contributed by atoms with Crippen LogP contribution in [0.5, 0.6) is 11.6 Å². The third kappa shape index (κ3) is 8.62. The van der Waals surface area contributed by atoms with Crippen molar-refractivity contribution in [2.24, 2.45) is 5.92 Å². The highest BCUT2D eigenvalue weighted by atomic mass is 32.2. The van der Waals surface area contributed by atoms with Crippen molar-refractivity contribution in [1.82, 2.24) is 35.0 Å². The van der Waals surface area contributed by atoms with Crippen molar-refractivity contribution < 1.29 is 59.0 Å². The molecule has 4 heterocycles. The zero-order valence-electron chi connectivity index (χ0n) is 33.2. The van der Waals surface area contributed by atoms with Crippen molar-refractivity contribution in [2.45, 2.75) is 106 Å². The summed E-state index contributed by atoms with van der Waals surface area (Å²) in [5, 5.41) is 10.1. The first kappa shape index (κ1) is 42.8. The summed E-state index contributed by atoms with van der Waals surface area (Å²) < 4.78 is 105. The van der Waals surface area contributed by atoms with Crippen LogP contribution in [0.15, 0.2) is 66.9 Å². The number of nitrogens with one attached hydrogen (secondary N) is 3. The fraction of sp³-hybridized carbons (Fsp3) is 0.463. The highest BCUT2D eigenvalue weighted by molar-refractivity contribution is 7.91. The second kappa shape index (κ2) is 16.1. The molecule has 2 aromatic carbocycles. The minimum absolute atomic E-state index is 0.0627. The molecule has 8 rings (SSSR count). The molecule has 2 aromatic heterocycles. The summed E-state index contributed by atoms with van der Waals surface area (Å²) in [6.07, 6.45) is 1.24. The molecule has 0 bridgehead atoms. The summed E-state index contributed by atoms with van der Waals surface area (Å²) in [5.41, 5.74) is -1.65. The highest BCUT2D eigenvalue weighted by Gasteiger charge is 2.63. The second-order valence-corrected chi connectivity index (χ2v) is 18.6. The lowest BCUT2D eigenvalue weighted by Gasteiger charge is -2.30. The Morgan fingerprint density at radius 2 is 1.79 bits per heavy atom. The number of pyridine rings is 1. The number of halogens is 5. The Labute approximate surface area is 351 Å². The number of amides is 4. The lowest BCUT2D eigenvalue weighted by atomic mass is 10.0. The van der Waals surface area contributed by atoms with Crippen molar-refractivity contribution >= 4 is 55.3 Å². The van der Waals surface area contributed by atoms with Crippen LogP contribution < -0.4 is 24.8 Å². The molecule has 3 fully saturated rings. The van der Waals surface area contributed by atoms with Crippen LogP contribution in [0.25, 0.3) is 21.7 Å². The molecule has 3 N–H and O–H groups in total. The molecule has 1 saturated heterocycles. The average Bonchev–Trinajstić information content (AvgIpc) is 3.98. The Kier molecular flexibility index (Phi) is 11.1. The molecule has 15 nitrogen and oxygen atoms in total. The third-order valence-electron chi connectivity index (χ3n) is 12.0. The topological polar surface area (TPSA) is 191 Å². The number of para-hydroxylation sites is 1. The van der Waals surface area contributed by atoms with Gasteiger partial charge in [-0.05, 0) is 81.2 Å². The molecule has 0 radical (unpaired) electrons. The quantitative estimate of drug-likeness (QED) is 0.111. The SMILES string of the molecule is CC1(S(=O)(=O)NC(=O)[C@@]23C[C@H]2/C=C\CCCCC[C@H](NC(=O)c2ccn(C(F)F)n2)C(=O)N2C[C@H](Oc4nc5ccccc5c5ccc(OC(F)(F)F)cc45)C[C@H]2C(=O)N3)CC1. The number of hydrogen-bond acceptors (Lipinski definition) is 10.